The van der Waals surface area contributed by atoms with Gasteiger partial charge in [-0.3, -0.25) is 9.59 Å². The second-order valence-corrected chi connectivity index (χ2v) is 5.31. The predicted molar refractivity (Wildman–Crippen MR) is 77.8 cm³/mol. The van der Waals surface area contributed by atoms with E-state index in [0.29, 0.717) is 15.7 Å². The average Bonchev–Trinajstić information content (AvgIpc) is 2.86. The number of rotatable bonds is 2. The highest BCUT2D eigenvalue weighted by Gasteiger charge is 2.30. The molecule has 0 radical (unpaired) electrons. The Morgan fingerprint density at radius 1 is 1.33 bits per heavy atom. The Kier molecular flexibility index (Phi) is 3.52. The number of nitrogens with zero attached hydrogens (tertiary/aromatic N) is 3. The van der Waals surface area contributed by atoms with Gasteiger partial charge in [-0.1, -0.05) is 23.2 Å². The van der Waals surface area contributed by atoms with Gasteiger partial charge < -0.3 is 10.6 Å². The Morgan fingerprint density at radius 3 is 2.76 bits per heavy atom. The van der Waals surface area contributed by atoms with E-state index in [-0.39, 0.29) is 24.2 Å². The first-order valence-corrected chi connectivity index (χ1v) is 6.75. The minimum atomic E-state index is -0.730. The number of carbonyl (C=O) groups excluding carboxylic acids is 2. The molecule has 0 unspecified atom stereocenters. The van der Waals surface area contributed by atoms with Crippen LogP contribution in [-0.4, -0.2) is 32.6 Å². The van der Waals surface area contributed by atoms with Crippen LogP contribution in [0.1, 0.15) is 11.2 Å². The monoisotopic (exact) mass is 325 g/mol. The lowest BCUT2D eigenvalue weighted by Gasteiger charge is -2.22. The molecule has 0 saturated heterocycles. The molecule has 1 aliphatic rings. The van der Waals surface area contributed by atoms with Crippen molar-refractivity contribution in [2.45, 2.75) is 12.5 Å². The van der Waals surface area contributed by atoms with Crippen molar-refractivity contribution >= 4 is 46.7 Å². The zero-order valence-corrected chi connectivity index (χ0v) is 12.0. The van der Waals surface area contributed by atoms with Gasteiger partial charge in [-0.05, 0) is 18.2 Å². The maximum absolute atomic E-state index is 12.2. The Labute approximate surface area is 129 Å². The highest BCUT2D eigenvalue weighted by Crippen LogP contribution is 2.23. The molecule has 21 heavy (non-hydrogen) atoms. The first-order valence-electron chi connectivity index (χ1n) is 5.99. The van der Waals surface area contributed by atoms with E-state index in [0.717, 1.165) is 4.68 Å². The van der Waals surface area contributed by atoms with E-state index < -0.39 is 6.04 Å². The van der Waals surface area contributed by atoms with Crippen LogP contribution in [0.3, 0.4) is 0 Å². The number of benzene rings is 1. The summed E-state index contributed by atoms with van der Waals surface area (Å²) in [6, 6.07) is 3.97. The van der Waals surface area contributed by atoms with Crippen LogP contribution in [0.25, 0.3) is 0 Å². The number of hydrogen-bond donors (Lipinski definition) is 2. The normalized spacial score (nSPS) is 17.0. The molecule has 7 nitrogen and oxygen atoms in total. The molecule has 0 bridgehead atoms. The zero-order valence-electron chi connectivity index (χ0n) is 10.5. The van der Waals surface area contributed by atoms with E-state index in [9.17, 15) is 9.59 Å². The fraction of sp³-hybridized carbons (Fsp3) is 0.167. The lowest BCUT2D eigenvalue weighted by molar-refractivity contribution is -0.117. The number of carbonyl (C=O) groups is 2. The summed E-state index contributed by atoms with van der Waals surface area (Å²) < 4.78 is 1.13. The Balaban J connectivity index is 1.76. The molecule has 9 heteroatoms. The smallest absolute Gasteiger partial charge is 0.252 e. The van der Waals surface area contributed by atoms with Gasteiger partial charge in [0.25, 0.3) is 5.91 Å². The Bertz CT molecular complexity index is 710. The highest BCUT2D eigenvalue weighted by atomic mass is 35.5. The second-order valence-electron chi connectivity index (χ2n) is 4.44. The minimum Gasteiger partial charge on any atom is -0.342 e. The number of anilines is 2. The van der Waals surface area contributed by atoms with E-state index in [2.05, 4.69) is 20.7 Å². The van der Waals surface area contributed by atoms with Crippen molar-refractivity contribution in [3.05, 3.63) is 34.6 Å². The number of hydrogen-bond acceptors (Lipinski definition) is 5. The molecule has 1 aliphatic heterocycles. The van der Waals surface area contributed by atoms with Crippen LogP contribution < -0.4 is 10.6 Å². The summed E-state index contributed by atoms with van der Waals surface area (Å²) in [4.78, 5) is 27.9. The van der Waals surface area contributed by atoms with Crippen molar-refractivity contribution in [1.82, 2.24) is 14.8 Å². The summed E-state index contributed by atoms with van der Waals surface area (Å²) >= 11 is 11.7. The van der Waals surface area contributed by atoms with E-state index in [4.69, 9.17) is 23.2 Å². The third-order valence-corrected chi connectivity index (χ3v) is 3.35. The standard InChI is InChI=1S/C12H9Cl2N5O2/c13-6-1-7(14)3-8(2-6)17-11(21)9-4-10(20)19-12(18-9)15-5-16-19/h1-3,5,9H,4H2,(H,17,21)(H,15,16,18)/t9-/m1/s1. The van der Waals surface area contributed by atoms with Crippen molar-refractivity contribution in [1.29, 1.82) is 0 Å². The molecular weight excluding hydrogens is 317 g/mol. The molecule has 2 N–H and O–H groups in total. The van der Waals surface area contributed by atoms with Gasteiger partial charge in [0, 0.05) is 15.7 Å². The van der Waals surface area contributed by atoms with Crippen molar-refractivity contribution in [3.8, 4) is 0 Å². The van der Waals surface area contributed by atoms with Gasteiger partial charge in [0.1, 0.15) is 12.4 Å². The van der Waals surface area contributed by atoms with Crippen molar-refractivity contribution in [2.24, 2.45) is 0 Å². The van der Waals surface area contributed by atoms with Crippen LogP contribution in [-0.2, 0) is 4.79 Å². The second kappa shape index (κ2) is 5.34. The maximum atomic E-state index is 12.2. The number of nitrogens with one attached hydrogen (secondary N) is 2. The van der Waals surface area contributed by atoms with E-state index >= 15 is 0 Å². The SMILES string of the molecule is O=C(Nc1cc(Cl)cc(Cl)c1)[C@H]1CC(=O)n2ncnc2N1. The number of fused-ring (bicyclic) bond motifs is 1. The van der Waals surface area contributed by atoms with Gasteiger partial charge in [-0.15, -0.1) is 0 Å². The summed E-state index contributed by atoms with van der Waals surface area (Å²) in [7, 11) is 0. The highest BCUT2D eigenvalue weighted by molar-refractivity contribution is 6.35. The molecule has 0 spiro atoms. The first kappa shape index (κ1) is 13.8. The molecule has 1 aromatic carbocycles. The molecule has 1 aromatic heterocycles. The predicted octanol–water partition coefficient (Wildman–Crippen LogP) is 2.05. The van der Waals surface area contributed by atoms with Gasteiger partial charge in [0.2, 0.25) is 11.9 Å². The lowest BCUT2D eigenvalue weighted by Crippen LogP contribution is -2.42. The lowest BCUT2D eigenvalue weighted by atomic mass is 10.1. The number of amides is 1. The molecule has 2 heterocycles. The van der Waals surface area contributed by atoms with E-state index in [1.54, 1.807) is 18.2 Å². The maximum Gasteiger partial charge on any atom is 0.252 e. The summed E-state index contributed by atoms with van der Waals surface area (Å²) in [5.41, 5.74) is 0.457. The van der Waals surface area contributed by atoms with Gasteiger partial charge in [-0.2, -0.15) is 14.8 Å². The average molecular weight is 326 g/mol. The molecule has 0 saturated carbocycles. The summed E-state index contributed by atoms with van der Waals surface area (Å²) in [6.07, 6.45) is 1.23. The molecule has 108 valence electrons. The van der Waals surface area contributed by atoms with Crippen LogP contribution in [0.15, 0.2) is 24.5 Å². The Morgan fingerprint density at radius 2 is 2.05 bits per heavy atom. The fourth-order valence-corrected chi connectivity index (χ4v) is 2.53. The molecule has 0 aliphatic carbocycles. The van der Waals surface area contributed by atoms with Crippen LogP contribution in [0.5, 0.6) is 0 Å². The fourth-order valence-electron chi connectivity index (χ4n) is 2.00. The van der Waals surface area contributed by atoms with Crippen molar-refractivity contribution < 1.29 is 9.59 Å². The summed E-state index contributed by atoms with van der Waals surface area (Å²) in [6.45, 7) is 0. The van der Waals surface area contributed by atoms with E-state index in [1.807, 2.05) is 0 Å². The summed E-state index contributed by atoms with van der Waals surface area (Å²) in [5.74, 6) is -0.433. The summed E-state index contributed by atoms with van der Waals surface area (Å²) in [5, 5.41) is 10.1. The molecule has 2 aromatic rings. The molecule has 3 rings (SSSR count). The van der Waals surface area contributed by atoms with Gasteiger partial charge in [0.05, 0.1) is 6.42 Å². The van der Waals surface area contributed by atoms with Gasteiger partial charge in [-0.25, -0.2) is 0 Å². The largest absolute Gasteiger partial charge is 0.342 e. The van der Waals surface area contributed by atoms with Crippen molar-refractivity contribution in [2.75, 3.05) is 10.6 Å². The van der Waals surface area contributed by atoms with Gasteiger partial charge >= 0.3 is 0 Å². The van der Waals surface area contributed by atoms with Crippen LogP contribution in [0.4, 0.5) is 11.6 Å². The molecule has 1 atom stereocenters. The van der Waals surface area contributed by atoms with Crippen LogP contribution >= 0.6 is 23.2 Å². The minimum absolute atomic E-state index is 0.0174. The quantitative estimate of drug-likeness (QED) is 0.882. The van der Waals surface area contributed by atoms with E-state index in [1.165, 1.54) is 6.33 Å². The van der Waals surface area contributed by atoms with Gasteiger partial charge in [0.15, 0.2) is 0 Å². The van der Waals surface area contributed by atoms with Crippen molar-refractivity contribution in [3.63, 3.8) is 0 Å². The third kappa shape index (κ3) is 2.84. The molecular formula is C12H9Cl2N5O2. The third-order valence-electron chi connectivity index (χ3n) is 2.91. The number of halogens is 2. The molecule has 0 fully saturated rings. The van der Waals surface area contributed by atoms with Crippen LogP contribution in [0.2, 0.25) is 10.0 Å². The van der Waals surface area contributed by atoms with Crippen LogP contribution in [0, 0.1) is 0 Å². The molecule has 1 amide bonds. The zero-order chi connectivity index (χ0) is 15.0. The Hall–Kier alpha value is -2.12. The topological polar surface area (TPSA) is 88.9 Å². The first-order chi connectivity index (χ1) is 10.0. The number of aromatic nitrogens is 3.